The molecule has 0 aliphatic rings. The molecule has 0 saturated heterocycles. The molecule has 1 amide bonds. The van der Waals surface area contributed by atoms with Gasteiger partial charge in [-0.15, -0.1) is 5.10 Å². The molecule has 31 heavy (non-hydrogen) atoms. The van der Waals surface area contributed by atoms with Crippen LogP contribution in [0.4, 0.5) is 5.82 Å². The topological polar surface area (TPSA) is 70.5 Å². The van der Waals surface area contributed by atoms with E-state index in [9.17, 15) is 9.59 Å². The largest absolute Gasteiger partial charge is 0.309 e. The van der Waals surface area contributed by atoms with Gasteiger partial charge in [0.1, 0.15) is 0 Å². The van der Waals surface area contributed by atoms with Crippen molar-refractivity contribution in [3.8, 4) is 0 Å². The summed E-state index contributed by atoms with van der Waals surface area (Å²) in [5.41, 5.74) is -0.498. The average molecular weight is 436 g/mol. The Kier molecular flexibility index (Phi) is 8.65. The molecule has 0 aliphatic heterocycles. The summed E-state index contributed by atoms with van der Waals surface area (Å²) in [6.07, 6.45) is 0. The summed E-state index contributed by atoms with van der Waals surface area (Å²) in [5, 5.41) is 7.41. The first-order chi connectivity index (χ1) is 14.0. The van der Waals surface area contributed by atoms with Crippen LogP contribution < -0.4 is 5.32 Å². The van der Waals surface area contributed by atoms with Crippen LogP contribution in [0.2, 0.25) is 0 Å². The van der Waals surface area contributed by atoms with E-state index in [0.717, 1.165) is 0 Å². The van der Waals surface area contributed by atoms with Gasteiger partial charge in [-0.2, -0.15) is 0 Å². The predicted molar refractivity (Wildman–Crippen MR) is 128 cm³/mol. The highest BCUT2D eigenvalue weighted by Gasteiger charge is 2.40. The summed E-state index contributed by atoms with van der Waals surface area (Å²) in [6.45, 7) is 18.1. The summed E-state index contributed by atoms with van der Waals surface area (Å²) >= 11 is 0. The third-order valence-corrected chi connectivity index (χ3v) is 7.81. The van der Waals surface area contributed by atoms with Crippen molar-refractivity contribution in [2.24, 2.45) is 22.7 Å². The van der Waals surface area contributed by atoms with Crippen LogP contribution in [0.25, 0.3) is 0 Å². The van der Waals surface area contributed by atoms with Gasteiger partial charge in [0.05, 0.1) is 0 Å². The summed E-state index contributed by atoms with van der Waals surface area (Å²) < 4.78 is 1.44. The molecule has 1 rings (SSSR count). The molecular weight excluding hydrogens is 390 g/mol. The summed E-state index contributed by atoms with van der Waals surface area (Å²) in [4.78, 5) is 30.7. The van der Waals surface area contributed by atoms with Crippen LogP contribution in [0.5, 0.6) is 0 Å². The first-order valence-corrected chi connectivity index (χ1v) is 11.2. The lowest BCUT2D eigenvalue weighted by Crippen LogP contribution is -2.45. The van der Waals surface area contributed by atoms with Gasteiger partial charge in [-0.3, -0.25) is 9.59 Å². The highest BCUT2D eigenvalue weighted by Crippen LogP contribution is 2.34. The van der Waals surface area contributed by atoms with Gasteiger partial charge in [-0.05, 0) is 60.8 Å². The van der Waals surface area contributed by atoms with Crippen molar-refractivity contribution in [3.05, 3.63) is 11.8 Å². The molecule has 178 valence electrons. The third kappa shape index (κ3) is 5.75. The van der Waals surface area contributed by atoms with Gasteiger partial charge in [0, 0.05) is 34.7 Å². The fourth-order valence-electron chi connectivity index (χ4n) is 3.79. The Morgan fingerprint density at radius 1 is 0.903 bits per heavy atom. The molecule has 0 fully saturated rings. The first kappa shape index (κ1) is 27.3. The molecule has 0 aromatic carbocycles. The summed E-state index contributed by atoms with van der Waals surface area (Å²) in [7, 11) is 8.08. The smallest absolute Gasteiger partial charge is 0.253 e. The van der Waals surface area contributed by atoms with Crippen LogP contribution in [0.1, 0.15) is 65.9 Å². The maximum atomic E-state index is 13.4. The number of hydrogen-bond acceptors (Lipinski definition) is 5. The molecule has 7 heteroatoms. The summed E-state index contributed by atoms with van der Waals surface area (Å²) in [6, 6.07) is 2.24. The number of anilines is 1. The van der Waals surface area contributed by atoms with Gasteiger partial charge in [0.2, 0.25) is 5.91 Å². The third-order valence-electron chi connectivity index (χ3n) is 7.81. The fraction of sp³-hybridized carbons (Fsp3) is 0.792. The number of amides is 1. The van der Waals surface area contributed by atoms with Crippen LogP contribution in [-0.2, 0) is 4.79 Å². The lowest BCUT2D eigenvalue weighted by Gasteiger charge is -2.37. The predicted octanol–water partition coefficient (Wildman–Crippen LogP) is 4.00. The number of carbonyl (C=O) groups excluding carboxylic acids is 2. The van der Waals surface area contributed by atoms with E-state index in [2.05, 4.69) is 47.9 Å². The standard InChI is InChI=1S/C24H45N5O2/c1-15-14-20(25-21(30)23(6,7)16(2)18(4)27(10)11)26-29(15)22(31)24(8,9)17(3)19(5)28(12)13/h14,16-19H,1-13H3,(H,25,26,30). The van der Waals surface area contributed by atoms with Crippen molar-refractivity contribution in [1.29, 1.82) is 0 Å². The van der Waals surface area contributed by atoms with Crippen LogP contribution in [0.15, 0.2) is 6.07 Å². The second kappa shape index (κ2) is 9.82. The van der Waals surface area contributed by atoms with Crippen LogP contribution in [-0.4, -0.2) is 71.7 Å². The van der Waals surface area contributed by atoms with Gasteiger partial charge < -0.3 is 15.1 Å². The van der Waals surface area contributed by atoms with E-state index in [0.29, 0.717) is 11.5 Å². The Morgan fingerprint density at radius 3 is 1.74 bits per heavy atom. The van der Waals surface area contributed by atoms with E-state index in [-0.39, 0.29) is 35.7 Å². The molecule has 0 spiro atoms. The minimum Gasteiger partial charge on any atom is -0.309 e. The van der Waals surface area contributed by atoms with Gasteiger partial charge in [0.25, 0.3) is 5.91 Å². The van der Waals surface area contributed by atoms with Crippen molar-refractivity contribution in [2.75, 3.05) is 33.5 Å². The molecule has 0 aliphatic carbocycles. The lowest BCUT2D eigenvalue weighted by molar-refractivity contribution is -0.127. The first-order valence-electron chi connectivity index (χ1n) is 11.2. The number of nitrogens with zero attached hydrogens (tertiary/aromatic N) is 4. The lowest BCUT2D eigenvalue weighted by atomic mass is 9.75. The molecule has 0 radical (unpaired) electrons. The Balaban J connectivity index is 3.10. The molecule has 1 aromatic rings. The van der Waals surface area contributed by atoms with Gasteiger partial charge in [-0.1, -0.05) is 41.5 Å². The van der Waals surface area contributed by atoms with E-state index in [4.69, 9.17) is 0 Å². The Bertz CT molecular complexity index is 779. The maximum absolute atomic E-state index is 13.4. The zero-order valence-corrected chi connectivity index (χ0v) is 22.0. The molecule has 1 aromatic heterocycles. The van der Waals surface area contributed by atoms with Gasteiger partial charge in [0.15, 0.2) is 5.82 Å². The number of nitrogens with one attached hydrogen (secondary N) is 1. The van der Waals surface area contributed by atoms with Crippen molar-refractivity contribution >= 4 is 17.6 Å². The van der Waals surface area contributed by atoms with E-state index in [1.54, 1.807) is 6.07 Å². The molecule has 4 unspecified atom stereocenters. The molecular formula is C24H45N5O2. The van der Waals surface area contributed by atoms with Crippen molar-refractivity contribution in [2.45, 2.75) is 74.4 Å². The Hall–Kier alpha value is -1.73. The van der Waals surface area contributed by atoms with Crippen molar-refractivity contribution < 1.29 is 9.59 Å². The zero-order valence-electron chi connectivity index (χ0n) is 22.0. The molecule has 4 atom stereocenters. The summed E-state index contributed by atoms with van der Waals surface area (Å²) in [5.74, 6) is 0.488. The molecule has 0 saturated carbocycles. The number of carbonyl (C=O) groups is 2. The Labute approximate surface area is 189 Å². The second-order valence-corrected chi connectivity index (χ2v) is 10.8. The second-order valence-electron chi connectivity index (χ2n) is 10.8. The molecule has 1 heterocycles. The van der Waals surface area contributed by atoms with E-state index in [1.807, 2.05) is 62.8 Å². The van der Waals surface area contributed by atoms with Crippen LogP contribution in [0, 0.1) is 29.6 Å². The quantitative estimate of drug-likeness (QED) is 0.635. The molecule has 7 nitrogen and oxygen atoms in total. The van der Waals surface area contributed by atoms with Crippen LogP contribution >= 0.6 is 0 Å². The number of hydrogen-bond donors (Lipinski definition) is 1. The van der Waals surface area contributed by atoms with Gasteiger partial charge in [-0.25, -0.2) is 4.68 Å². The Morgan fingerprint density at radius 2 is 1.32 bits per heavy atom. The maximum Gasteiger partial charge on any atom is 0.253 e. The van der Waals surface area contributed by atoms with Crippen LogP contribution in [0.3, 0.4) is 0 Å². The van der Waals surface area contributed by atoms with Gasteiger partial charge >= 0.3 is 0 Å². The minimum absolute atomic E-state index is 0.0689. The van der Waals surface area contributed by atoms with E-state index in [1.165, 1.54) is 4.68 Å². The number of rotatable bonds is 9. The average Bonchev–Trinajstić information content (AvgIpc) is 3.04. The minimum atomic E-state index is -0.614. The van der Waals surface area contributed by atoms with E-state index >= 15 is 0 Å². The highest BCUT2D eigenvalue weighted by atomic mass is 16.2. The highest BCUT2D eigenvalue weighted by molar-refractivity contribution is 5.94. The number of aryl methyl sites for hydroxylation is 1. The SMILES string of the molecule is Cc1cc(NC(=O)C(C)(C)C(C)C(C)N(C)C)nn1C(=O)C(C)(C)C(C)C(C)N(C)C. The fourth-order valence-corrected chi connectivity index (χ4v) is 3.79. The molecule has 0 bridgehead atoms. The molecule has 1 N–H and O–H groups in total. The van der Waals surface area contributed by atoms with Crippen molar-refractivity contribution in [1.82, 2.24) is 19.6 Å². The monoisotopic (exact) mass is 435 g/mol. The van der Waals surface area contributed by atoms with Crippen molar-refractivity contribution in [3.63, 3.8) is 0 Å². The van der Waals surface area contributed by atoms with E-state index < -0.39 is 10.8 Å². The number of aromatic nitrogens is 2. The zero-order chi connectivity index (χ0) is 24.5. The normalized spacial score (nSPS) is 16.9.